The van der Waals surface area contributed by atoms with Gasteiger partial charge in [0.2, 0.25) is 5.91 Å². The van der Waals surface area contributed by atoms with Crippen LogP contribution in [0.1, 0.15) is 24.0 Å². The molecule has 2 N–H and O–H groups in total. The summed E-state index contributed by atoms with van der Waals surface area (Å²) in [7, 11) is 3.11. The highest BCUT2D eigenvalue weighted by Gasteiger charge is 2.37. The molecule has 1 atom stereocenters. The fraction of sp³-hybridized carbons (Fsp3) is 0.318. The van der Waals surface area contributed by atoms with Gasteiger partial charge in [-0.2, -0.15) is 0 Å². The summed E-state index contributed by atoms with van der Waals surface area (Å²) in [5.41, 5.74) is 1.73. The number of benzene rings is 2. The van der Waals surface area contributed by atoms with Gasteiger partial charge in [-0.1, -0.05) is 36.4 Å². The van der Waals surface area contributed by atoms with Gasteiger partial charge >= 0.3 is 6.03 Å². The van der Waals surface area contributed by atoms with E-state index >= 15 is 0 Å². The molecule has 1 aliphatic heterocycles. The zero-order valence-corrected chi connectivity index (χ0v) is 17.0. The molecular formula is C22H25N3O5. The standard InChI is InChI=1S/C22H25N3O5/c1-29-18-10-8-16(12-19(18)30-2)13-23-20(26)11-9-17-21(27)25(22(28)24-17)14-15-6-4-3-5-7-15/h3-8,10,12,17H,9,11,13-14H2,1-2H3,(H,23,26)(H,24,28)/t17-/m1/s1. The normalized spacial score (nSPS) is 15.7. The van der Waals surface area contributed by atoms with Crippen LogP contribution >= 0.6 is 0 Å². The summed E-state index contributed by atoms with van der Waals surface area (Å²) in [4.78, 5) is 38.1. The van der Waals surface area contributed by atoms with Crippen molar-refractivity contribution in [1.82, 2.24) is 15.5 Å². The first-order valence-corrected chi connectivity index (χ1v) is 9.65. The number of hydrogen-bond acceptors (Lipinski definition) is 5. The number of carbonyl (C=O) groups excluding carboxylic acids is 3. The average molecular weight is 411 g/mol. The highest BCUT2D eigenvalue weighted by Crippen LogP contribution is 2.27. The molecule has 0 bridgehead atoms. The van der Waals surface area contributed by atoms with E-state index in [4.69, 9.17) is 9.47 Å². The van der Waals surface area contributed by atoms with E-state index in [9.17, 15) is 14.4 Å². The molecule has 0 aliphatic carbocycles. The average Bonchev–Trinajstić information content (AvgIpc) is 3.04. The molecule has 2 aromatic rings. The Morgan fingerprint density at radius 1 is 1.03 bits per heavy atom. The van der Waals surface area contributed by atoms with Crippen molar-refractivity contribution in [3.63, 3.8) is 0 Å². The number of ether oxygens (including phenoxy) is 2. The van der Waals surface area contributed by atoms with Crippen molar-refractivity contribution in [1.29, 1.82) is 0 Å². The van der Waals surface area contributed by atoms with Gasteiger partial charge in [-0.25, -0.2) is 4.79 Å². The SMILES string of the molecule is COc1ccc(CNC(=O)CC[C@H]2NC(=O)N(Cc3ccccc3)C2=O)cc1OC. The molecule has 158 valence electrons. The Hall–Kier alpha value is -3.55. The van der Waals surface area contributed by atoms with Crippen LogP contribution in [0.5, 0.6) is 11.5 Å². The highest BCUT2D eigenvalue weighted by atomic mass is 16.5. The largest absolute Gasteiger partial charge is 0.493 e. The Morgan fingerprint density at radius 2 is 1.77 bits per heavy atom. The second-order valence-electron chi connectivity index (χ2n) is 6.92. The minimum absolute atomic E-state index is 0.128. The summed E-state index contributed by atoms with van der Waals surface area (Å²) in [6.45, 7) is 0.539. The monoisotopic (exact) mass is 411 g/mol. The fourth-order valence-electron chi connectivity index (χ4n) is 3.24. The molecule has 1 heterocycles. The number of hydrogen-bond donors (Lipinski definition) is 2. The first-order chi connectivity index (χ1) is 14.5. The summed E-state index contributed by atoms with van der Waals surface area (Å²) >= 11 is 0. The summed E-state index contributed by atoms with van der Waals surface area (Å²) in [5.74, 6) is 0.690. The van der Waals surface area contributed by atoms with Crippen LogP contribution in [0.2, 0.25) is 0 Å². The van der Waals surface area contributed by atoms with Crippen molar-refractivity contribution >= 4 is 17.8 Å². The van der Waals surface area contributed by atoms with Gasteiger partial charge in [0.25, 0.3) is 5.91 Å². The van der Waals surface area contributed by atoms with E-state index in [1.807, 2.05) is 36.4 Å². The van der Waals surface area contributed by atoms with Gasteiger partial charge in [-0.15, -0.1) is 0 Å². The molecule has 30 heavy (non-hydrogen) atoms. The lowest BCUT2D eigenvalue weighted by atomic mass is 10.1. The van der Waals surface area contributed by atoms with Gasteiger partial charge in [-0.3, -0.25) is 14.5 Å². The van der Waals surface area contributed by atoms with Crippen molar-refractivity contribution in [3.05, 3.63) is 59.7 Å². The highest BCUT2D eigenvalue weighted by molar-refractivity contribution is 6.04. The van der Waals surface area contributed by atoms with Crippen LogP contribution in [0.3, 0.4) is 0 Å². The maximum Gasteiger partial charge on any atom is 0.325 e. The Kier molecular flexibility index (Phi) is 6.90. The third-order valence-electron chi connectivity index (χ3n) is 4.89. The predicted octanol–water partition coefficient (Wildman–Crippen LogP) is 2.22. The Bertz CT molecular complexity index is 916. The molecule has 1 aliphatic rings. The third kappa shape index (κ3) is 5.08. The number of imide groups is 1. The maximum absolute atomic E-state index is 12.5. The topological polar surface area (TPSA) is 97.0 Å². The first-order valence-electron chi connectivity index (χ1n) is 9.65. The van der Waals surface area contributed by atoms with E-state index in [1.165, 1.54) is 4.90 Å². The Balaban J connectivity index is 1.48. The number of carbonyl (C=O) groups is 3. The van der Waals surface area contributed by atoms with Gasteiger partial charge in [0.05, 0.1) is 20.8 Å². The minimum Gasteiger partial charge on any atom is -0.493 e. The van der Waals surface area contributed by atoms with Crippen molar-refractivity contribution in [2.24, 2.45) is 0 Å². The molecule has 0 saturated carbocycles. The van der Waals surface area contributed by atoms with E-state index in [2.05, 4.69) is 10.6 Å². The quantitative estimate of drug-likeness (QED) is 0.617. The molecule has 4 amide bonds. The summed E-state index contributed by atoms with van der Waals surface area (Å²) < 4.78 is 10.4. The maximum atomic E-state index is 12.5. The Labute approximate surface area is 175 Å². The van der Waals surface area contributed by atoms with Gasteiger partial charge in [0.1, 0.15) is 6.04 Å². The summed E-state index contributed by atoms with van der Waals surface area (Å²) in [5, 5.41) is 5.47. The lowest BCUT2D eigenvalue weighted by molar-refractivity contribution is -0.128. The molecule has 0 spiro atoms. The first kappa shape index (κ1) is 21.2. The van der Waals surface area contributed by atoms with Crippen LogP contribution in [0.4, 0.5) is 4.79 Å². The molecule has 0 radical (unpaired) electrons. The molecule has 0 aromatic heterocycles. The number of amides is 4. The number of nitrogens with one attached hydrogen (secondary N) is 2. The van der Waals surface area contributed by atoms with E-state index in [0.717, 1.165) is 11.1 Å². The van der Waals surface area contributed by atoms with Gasteiger partial charge < -0.3 is 20.1 Å². The second-order valence-corrected chi connectivity index (χ2v) is 6.92. The molecule has 0 unspecified atom stereocenters. The van der Waals surface area contributed by atoms with Crippen molar-refractivity contribution in [2.75, 3.05) is 14.2 Å². The zero-order valence-electron chi connectivity index (χ0n) is 17.0. The van der Waals surface area contributed by atoms with Gasteiger partial charge in [-0.05, 0) is 29.7 Å². The van der Waals surface area contributed by atoms with E-state index in [1.54, 1.807) is 26.4 Å². The number of urea groups is 1. The minimum atomic E-state index is -0.687. The van der Waals surface area contributed by atoms with Gasteiger partial charge in [0, 0.05) is 13.0 Å². The predicted molar refractivity (Wildman–Crippen MR) is 110 cm³/mol. The smallest absolute Gasteiger partial charge is 0.325 e. The van der Waals surface area contributed by atoms with Crippen LogP contribution in [0, 0.1) is 0 Å². The van der Waals surface area contributed by atoms with Gasteiger partial charge in [0.15, 0.2) is 11.5 Å². The molecular weight excluding hydrogens is 386 g/mol. The number of methoxy groups -OCH3 is 2. The van der Waals surface area contributed by atoms with E-state index in [0.29, 0.717) is 18.0 Å². The van der Waals surface area contributed by atoms with Crippen molar-refractivity contribution in [2.45, 2.75) is 32.0 Å². The molecule has 2 aromatic carbocycles. The molecule has 1 fully saturated rings. The van der Waals surface area contributed by atoms with Crippen molar-refractivity contribution < 1.29 is 23.9 Å². The lowest BCUT2D eigenvalue weighted by Crippen LogP contribution is -2.32. The summed E-state index contributed by atoms with van der Waals surface area (Å²) in [6, 6.07) is 13.6. The fourth-order valence-corrected chi connectivity index (χ4v) is 3.24. The third-order valence-corrected chi connectivity index (χ3v) is 4.89. The molecule has 1 saturated heterocycles. The van der Waals surface area contributed by atoms with Crippen LogP contribution in [0.25, 0.3) is 0 Å². The summed E-state index contributed by atoms with van der Waals surface area (Å²) in [6.07, 6.45) is 0.372. The zero-order chi connectivity index (χ0) is 21.5. The molecule has 3 rings (SSSR count). The lowest BCUT2D eigenvalue weighted by Gasteiger charge is -2.13. The van der Waals surface area contributed by atoms with Crippen LogP contribution in [-0.4, -0.2) is 43.0 Å². The van der Waals surface area contributed by atoms with E-state index in [-0.39, 0.29) is 31.2 Å². The number of rotatable bonds is 9. The number of nitrogens with zero attached hydrogens (tertiary/aromatic N) is 1. The van der Waals surface area contributed by atoms with Crippen LogP contribution in [0.15, 0.2) is 48.5 Å². The van der Waals surface area contributed by atoms with Crippen molar-refractivity contribution in [3.8, 4) is 11.5 Å². The van der Waals surface area contributed by atoms with Crippen LogP contribution in [-0.2, 0) is 22.7 Å². The molecule has 8 nitrogen and oxygen atoms in total. The van der Waals surface area contributed by atoms with E-state index < -0.39 is 12.1 Å². The second kappa shape index (κ2) is 9.78. The Morgan fingerprint density at radius 3 is 2.47 bits per heavy atom. The van der Waals surface area contributed by atoms with Crippen LogP contribution < -0.4 is 20.1 Å². The molecule has 8 heteroatoms.